The predicted molar refractivity (Wildman–Crippen MR) is 85.9 cm³/mol. The van der Waals surface area contributed by atoms with Gasteiger partial charge in [0.25, 0.3) is 5.91 Å². The first-order chi connectivity index (χ1) is 11.1. The number of benzene rings is 1. The maximum atomic E-state index is 11.8. The second-order valence-electron chi connectivity index (χ2n) is 4.65. The number of hydrogen-bond acceptors (Lipinski definition) is 7. The summed E-state index contributed by atoms with van der Waals surface area (Å²) in [6.07, 6.45) is 0.770. The van der Waals surface area contributed by atoms with E-state index in [2.05, 4.69) is 15.5 Å². The summed E-state index contributed by atoms with van der Waals surface area (Å²) in [5.41, 5.74) is -0.0255. The van der Waals surface area contributed by atoms with Gasteiger partial charge in [0.1, 0.15) is 16.3 Å². The summed E-state index contributed by atoms with van der Waals surface area (Å²) in [5, 5.41) is 12.5. The molecule has 8 heteroatoms. The lowest BCUT2D eigenvalue weighted by atomic mass is 10.2. The zero-order chi connectivity index (χ0) is 16.2. The minimum Gasteiger partial charge on any atom is -0.484 e. The van der Waals surface area contributed by atoms with Crippen LogP contribution in [0.3, 0.4) is 0 Å². The smallest absolute Gasteiger partial charge is 0.336 e. The number of carbonyl (C=O) groups excluding carboxylic acids is 1. The molecule has 23 heavy (non-hydrogen) atoms. The Hall–Kier alpha value is -2.74. The normalized spacial score (nSPS) is 10.7. The van der Waals surface area contributed by atoms with Crippen LogP contribution in [0.15, 0.2) is 39.5 Å². The van der Waals surface area contributed by atoms with Gasteiger partial charge in [0, 0.05) is 17.5 Å². The van der Waals surface area contributed by atoms with Gasteiger partial charge < -0.3 is 9.15 Å². The fourth-order valence-electron chi connectivity index (χ4n) is 1.88. The van der Waals surface area contributed by atoms with Crippen molar-refractivity contribution in [2.75, 3.05) is 11.9 Å². The first-order valence-electron chi connectivity index (χ1n) is 6.93. The summed E-state index contributed by atoms with van der Waals surface area (Å²) in [6.45, 7) is 1.79. The Balaban J connectivity index is 1.63. The Morgan fingerprint density at radius 1 is 1.30 bits per heavy atom. The molecule has 0 saturated heterocycles. The number of aromatic nitrogens is 2. The van der Waals surface area contributed by atoms with Crippen LogP contribution in [-0.4, -0.2) is 22.7 Å². The summed E-state index contributed by atoms with van der Waals surface area (Å²) in [5.74, 6) is 0.104. The minimum absolute atomic E-state index is 0.177. The van der Waals surface area contributed by atoms with Crippen molar-refractivity contribution in [3.63, 3.8) is 0 Å². The number of anilines is 1. The molecule has 0 atom stereocenters. The van der Waals surface area contributed by atoms with Gasteiger partial charge in [-0.15, -0.1) is 10.2 Å². The number of ether oxygens (including phenoxy) is 1. The van der Waals surface area contributed by atoms with E-state index >= 15 is 0 Å². The molecule has 3 rings (SSSR count). The fraction of sp³-hybridized carbons (Fsp3) is 0.200. The second-order valence-corrected chi connectivity index (χ2v) is 5.71. The van der Waals surface area contributed by atoms with Crippen molar-refractivity contribution in [1.82, 2.24) is 10.2 Å². The third-order valence-electron chi connectivity index (χ3n) is 2.98. The predicted octanol–water partition coefficient (Wildman–Crippen LogP) is 2.22. The van der Waals surface area contributed by atoms with Crippen molar-refractivity contribution >= 4 is 33.3 Å². The van der Waals surface area contributed by atoms with Crippen LogP contribution in [0.5, 0.6) is 5.75 Å². The molecular weight excluding hydrogens is 318 g/mol. The number of carbonyl (C=O) groups is 1. The van der Waals surface area contributed by atoms with Crippen molar-refractivity contribution in [3.8, 4) is 5.75 Å². The maximum absolute atomic E-state index is 11.8. The third kappa shape index (κ3) is 3.72. The number of hydrogen-bond donors (Lipinski definition) is 1. The molecular formula is C15H13N3O4S. The molecule has 0 saturated carbocycles. The summed E-state index contributed by atoms with van der Waals surface area (Å²) < 4.78 is 10.5. The molecule has 2 heterocycles. The Morgan fingerprint density at radius 2 is 2.13 bits per heavy atom. The Kier molecular flexibility index (Phi) is 4.33. The van der Waals surface area contributed by atoms with E-state index in [1.807, 2.05) is 6.92 Å². The molecule has 0 bridgehead atoms. The Bertz CT molecular complexity index is 903. The average molecular weight is 331 g/mol. The van der Waals surface area contributed by atoms with Gasteiger partial charge in [0.05, 0.1) is 0 Å². The molecule has 2 aromatic heterocycles. The van der Waals surface area contributed by atoms with Crippen molar-refractivity contribution < 1.29 is 13.9 Å². The first-order valence-corrected chi connectivity index (χ1v) is 7.74. The summed E-state index contributed by atoms with van der Waals surface area (Å²) in [4.78, 5) is 23.0. The highest BCUT2D eigenvalue weighted by Crippen LogP contribution is 2.20. The molecule has 118 valence electrons. The Labute approximate surface area is 134 Å². The number of nitrogens with one attached hydrogen (secondary N) is 1. The number of amides is 1. The van der Waals surface area contributed by atoms with Gasteiger partial charge in [-0.1, -0.05) is 18.3 Å². The van der Waals surface area contributed by atoms with Crippen LogP contribution in [-0.2, 0) is 11.2 Å². The van der Waals surface area contributed by atoms with E-state index in [1.165, 1.54) is 17.4 Å². The van der Waals surface area contributed by atoms with Gasteiger partial charge in [-0.2, -0.15) is 0 Å². The average Bonchev–Trinajstić information content (AvgIpc) is 3.00. The molecule has 1 amide bonds. The molecule has 0 fully saturated rings. The first kappa shape index (κ1) is 15.2. The molecule has 0 aliphatic rings. The molecule has 0 radical (unpaired) electrons. The van der Waals surface area contributed by atoms with E-state index in [1.54, 1.807) is 24.3 Å². The number of aryl methyl sites for hydroxylation is 1. The highest BCUT2D eigenvalue weighted by Gasteiger charge is 2.08. The second kappa shape index (κ2) is 6.57. The molecule has 7 nitrogen and oxygen atoms in total. The summed E-state index contributed by atoms with van der Waals surface area (Å²) in [7, 11) is 0. The van der Waals surface area contributed by atoms with Crippen LogP contribution in [0.25, 0.3) is 11.0 Å². The van der Waals surface area contributed by atoms with E-state index in [0.717, 1.165) is 16.8 Å². The van der Waals surface area contributed by atoms with Gasteiger partial charge >= 0.3 is 5.63 Å². The minimum atomic E-state index is -0.435. The van der Waals surface area contributed by atoms with Crippen LogP contribution < -0.4 is 15.7 Å². The lowest BCUT2D eigenvalue weighted by Gasteiger charge is -2.06. The zero-order valence-electron chi connectivity index (χ0n) is 12.2. The van der Waals surface area contributed by atoms with Crippen LogP contribution in [0, 0.1) is 0 Å². The number of fused-ring (bicyclic) bond motifs is 1. The molecule has 0 aliphatic heterocycles. The maximum Gasteiger partial charge on any atom is 0.336 e. The van der Waals surface area contributed by atoms with Crippen LogP contribution in [0.2, 0.25) is 0 Å². The van der Waals surface area contributed by atoms with E-state index in [4.69, 9.17) is 9.15 Å². The standard InChI is InChI=1S/C15H13N3O4S/c1-2-13-17-18-15(23-13)16-12(19)8-21-10-5-3-9-4-6-14(20)22-11(9)7-10/h3-7H,2,8H2,1H3,(H,16,18,19). The van der Waals surface area contributed by atoms with Crippen LogP contribution >= 0.6 is 11.3 Å². The van der Waals surface area contributed by atoms with Gasteiger partial charge in [-0.25, -0.2) is 4.79 Å². The van der Waals surface area contributed by atoms with Crippen molar-refractivity contribution in [1.29, 1.82) is 0 Å². The monoisotopic (exact) mass is 331 g/mol. The highest BCUT2D eigenvalue weighted by atomic mass is 32.1. The van der Waals surface area contributed by atoms with Crippen LogP contribution in [0.4, 0.5) is 5.13 Å². The molecule has 1 aromatic carbocycles. The van der Waals surface area contributed by atoms with E-state index < -0.39 is 5.63 Å². The van der Waals surface area contributed by atoms with Gasteiger partial charge in [-0.05, 0) is 24.6 Å². The lowest BCUT2D eigenvalue weighted by Crippen LogP contribution is -2.20. The fourth-order valence-corrected chi connectivity index (χ4v) is 2.58. The van der Waals surface area contributed by atoms with Crippen molar-refractivity contribution in [2.24, 2.45) is 0 Å². The van der Waals surface area contributed by atoms with Crippen molar-refractivity contribution in [2.45, 2.75) is 13.3 Å². The molecule has 0 aliphatic carbocycles. The Morgan fingerprint density at radius 3 is 2.91 bits per heavy atom. The largest absolute Gasteiger partial charge is 0.484 e. The summed E-state index contributed by atoms with van der Waals surface area (Å²) >= 11 is 1.33. The molecule has 0 spiro atoms. The quantitative estimate of drug-likeness (QED) is 0.720. The third-order valence-corrected chi connectivity index (χ3v) is 3.96. The van der Waals surface area contributed by atoms with Gasteiger partial charge in [0.2, 0.25) is 5.13 Å². The molecule has 1 N–H and O–H groups in total. The van der Waals surface area contributed by atoms with Gasteiger partial charge in [0.15, 0.2) is 6.61 Å². The van der Waals surface area contributed by atoms with E-state index in [-0.39, 0.29) is 12.5 Å². The molecule has 0 unspecified atom stereocenters. The van der Waals surface area contributed by atoms with E-state index in [0.29, 0.717) is 16.5 Å². The lowest BCUT2D eigenvalue weighted by molar-refractivity contribution is -0.118. The number of nitrogens with zero attached hydrogens (tertiary/aromatic N) is 2. The highest BCUT2D eigenvalue weighted by molar-refractivity contribution is 7.15. The SMILES string of the molecule is CCc1nnc(NC(=O)COc2ccc3ccc(=O)oc3c2)s1. The van der Waals surface area contributed by atoms with Crippen LogP contribution in [0.1, 0.15) is 11.9 Å². The summed E-state index contributed by atoms with van der Waals surface area (Å²) in [6, 6.07) is 8.05. The number of rotatable bonds is 5. The topological polar surface area (TPSA) is 94.3 Å². The van der Waals surface area contributed by atoms with Gasteiger partial charge in [-0.3, -0.25) is 10.1 Å². The zero-order valence-corrected chi connectivity index (χ0v) is 13.1. The molecule has 3 aromatic rings. The van der Waals surface area contributed by atoms with Crippen molar-refractivity contribution in [3.05, 3.63) is 45.8 Å². The van der Waals surface area contributed by atoms with E-state index in [9.17, 15) is 9.59 Å².